The summed E-state index contributed by atoms with van der Waals surface area (Å²) in [6.45, 7) is -0.494. The smallest absolute Gasteiger partial charge is 0.153 e. The Bertz CT molecular complexity index is 347. The van der Waals surface area contributed by atoms with E-state index in [1.54, 1.807) is 0 Å². The van der Waals surface area contributed by atoms with Crippen LogP contribution in [0.15, 0.2) is 12.1 Å². The summed E-state index contributed by atoms with van der Waals surface area (Å²) in [4.78, 5) is 20.7. The number of carbonyl (C=O) groups is 2. The van der Waals surface area contributed by atoms with Crippen LogP contribution < -0.4 is 0 Å². The number of hydrogen-bond acceptors (Lipinski definition) is 3. The fraction of sp³-hybridized carbons (Fsp3) is 0.111. The molecule has 0 unspecified atom stereocenters. The van der Waals surface area contributed by atoms with Gasteiger partial charge in [-0.2, -0.15) is 0 Å². The monoisotopic (exact) mass is 182 g/mol. The molecule has 1 N–H and O–H groups in total. The van der Waals surface area contributed by atoms with Crippen LogP contribution in [0.25, 0.3) is 0 Å². The van der Waals surface area contributed by atoms with Crippen molar-refractivity contribution < 1.29 is 19.1 Å². The average molecular weight is 182 g/mol. The van der Waals surface area contributed by atoms with E-state index in [4.69, 9.17) is 5.11 Å². The molecule has 4 heteroatoms. The lowest BCUT2D eigenvalue weighted by molar-refractivity contribution is 0.109. The van der Waals surface area contributed by atoms with Crippen LogP contribution >= 0.6 is 0 Å². The van der Waals surface area contributed by atoms with Gasteiger partial charge in [0.1, 0.15) is 5.82 Å². The van der Waals surface area contributed by atoms with Crippen LogP contribution in [0.3, 0.4) is 0 Å². The Kier molecular flexibility index (Phi) is 2.87. The molecule has 0 aliphatic carbocycles. The molecule has 0 aromatic heterocycles. The molecule has 0 saturated carbocycles. The number of aldehydes is 2. The van der Waals surface area contributed by atoms with Crippen molar-refractivity contribution in [3.63, 3.8) is 0 Å². The van der Waals surface area contributed by atoms with Crippen molar-refractivity contribution in [2.75, 3.05) is 0 Å². The molecule has 0 aliphatic heterocycles. The van der Waals surface area contributed by atoms with Crippen molar-refractivity contribution in [3.05, 3.63) is 34.6 Å². The van der Waals surface area contributed by atoms with Gasteiger partial charge >= 0.3 is 0 Å². The zero-order chi connectivity index (χ0) is 9.84. The summed E-state index contributed by atoms with van der Waals surface area (Å²) in [5.41, 5.74) is -0.307. The standard InChI is InChI=1S/C9H7FO3/c10-9-7(4-12)2-1-6(3-11)8(9)5-13/h1-3,5,12H,4H2. The SMILES string of the molecule is O=Cc1ccc(CO)c(F)c1C=O. The Morgan fingerprint density at radius 3 is 2.46 bits per heavy atom. The lowest BCUT2D eigenvalue weighted by Crippen LogP contribution is -2.00. The molecule has 0 amide bonds. The number of benzene rings is 1. The van der Waals surface area contributed by atoms with Gasteiger partial charge in [0.15, 0.2) is 12.6 Å². The van der Waals surface area contributed by atoms with E-state index in [2.05, 4.69) is 0 Å². The van der Waals surface area contributed by atoms with Gasteiger partial charge in [0.25, 0.3) is 0 Å². The van der Waals surface area contributed by atoms with E-state index in [0.717, 1.165) is 0 Å². The average Bonchev–Trinajstić information content (AvgIpc) is 2.17. The van der Waals surface area contributed by atoms with Crippen LogP contribution in [0, 0.1) is 5.82 Å². The second kappa shape index (κ2) is 3.91. The first-order valence-electron chi connectivity index (χ1n) is 3.57. The summed E-state index contributed by atoms with van der Waals surface area (Å²) >= 11 is 0. The first-order chi connectivity index (χ1) is 6.24. The Morgan fingerprint density at radius 2 is 2.00 bits per heavy atom. The van der Waals surface area contributed by atoms with E-state index >= 15 is 0 Å². The van der Waals surface area contributed by atoms with Crippen molar-refractivity contribution in [1.29, 1.82) is 0 Å². The second-order valence-corrected chi connectivity index (χ2v) is 2.44. The third kappa shape index (κ3) is 1.62. The van der Waals surface area contributed by atoms with Crippen molar-refractivity contribution in [3.8, 4) is 0 Å². The van der Waals surface area contributed by atoms with Gasteiger partial charge in [0, 0.05) is 11.1 Å². The second-order valence-electron chi connectivity index (χ2n) is 2.44. The van der Waals surface area contributed by atoms with Crippen LogP contribution in [0.5, 0.6) is 0 Å². The maximum Gasteiger partial charge on any atom is 0.153 e. The molecule has 0 atom stereocenters. The predicted molar refractivity (Wildman–Crippen MR) is 43.1 cm³/mol. The Hall–Kier alpha value is -1.55. The molecule has 1 aromatic rings. The minimum Gasteiger partial charge on any atom is -0.392 e. The fourth-order valence-corrected chi connectivity index (χ4v) is 0.998. The van der Waals surface area contributed by atoms with Gasteiger partial charge in [-0.15, -0.1) is 0 Å². The zero-order valence-electron chi connectivity index (χ0n) is 6.66. The highest BCUT2D eigenvalue weighted by Crippen LogP contribution is 2.14. The molecule has 0 fully saturated rings. The number of rotatable bonds is 3. The van der Waals surface area contributed by atoms with Crippen molar-refractivity contribution in [2.24, 2.45) is 0 Å². The minimum absolute atomic E-state index is 0.00713. The molecular weight excluding hydrogens is 175 g/mol. The van der Waals surface area contributed by atoms with Crippen LogP contribution in [0.1, 0.15) is 26.3 Å². The van der Waals surface area contributed by atoms with Gasteiger partial charge in [-0.1, -0.05) is 12.1 Å². The van der Waals surface area contributed by atoms with E-state index < -0.39 is 12.4 Å². The lowest BCUT2D eigenvalue weighted by atomic mass is 10.1. The van der Waals surface area contributed by atoms with Crippen molar-refractivity contribution in [2.45, 2.75) is 6.61 Å². The maximum atomic E-state index is 13.2. The molecule has 0 heterocycles. The number of aliphatic hydroxyl groups excluding tert-OH is 1. The van der Waals surface area contributed by atoms with Crippen LogP contribution in [-0.2, 0) is 6.61 Å². The highest BCUT2D eigenvalue weighted by atomic mass is 19.1. The largest absolute Gasteiger partial charge is 0.392 e. The molecule has 0 aliphatic rings. The van der Waals surface area contributed by atoms with Gasteiger partial charge in [-0.3, -0.25) is 9.59 Å². The quantitative estimate of drug-likeness (QED) is 0.708. The van der Waals surface area contributed by atoms with Crippen LogP contribution in [0.2, 0.25) is 0 Å². The fourth-order valence-electron chi connectivity index (χ4n) is 0.998. The summed E-state index contributed by atoms with van der Waals surface area (Å²) in [6.07, 6.45) is 0.659. The normalized spacial score (nSPS) is 9.69. The Labute approximate surface area is 73.8 Å². The Balaban J connectivity index is 3.39. The van der Waals surface area contributed by atoms with Crippen LogP contribution in [0.4, 0.5) is 4.39 Å². The number of hydrogen-bond donors (Lipinski definition) is 1. The highest BCUT2D eigenvalue weighted by Gasteiger charge is 2.11. The summed E-state index contributed by atoms with van der Waals surface area (Å²) in [5, 5.41) is 8.66. The summed E-state index contributed by atoms with van der Waals surface area (Å²) in [7, 11) is 0. The molecule has 0 spiro atoms. The van der Waals surface area contributed by atoms with Crippen molar-refractivity contribution >= 4 is 12.6 Å². The molecule has 1 rings (SSSR count). The third-order valence-electron chi connectivity index (χ3n) is 1.71. The molecule has 0 bridgehead atoms. The van der Waals surface area contributed by atoms with Crippen molar-refractivity contribution in [1.82, 2.24) is 0 Å². The first kappa shape index (κ1) is 9.54. The van der Waals surface area contributed by atoms with Gasteiger partial charge in [-0.25, -0.2) is 4.39 Å². The van der Waals surface area contributed by atoms with Gasteiger partial charge in [-0.05, 0) is 0 Å². The van der Waals surface area contributed by atoms with E-state index in [1.807, 2.05) is 0 Å². The van der Waals surface area contributed by atoms with E-state index in [1.165, 1.54) is 12.1 Å². The zero-order valence-corrected chi connectivity index (χ0v) is 6.66. The molecule has 0 radical (unpaired) electrons. The molecule has 1 aromatic carbocycles. The summed E-state index contributed by atoms with van der Waals surface area (Å²) in [6, 6.07) is 2.57. The molecule has 68 valence electrons. The number of halogens is 1. The topological polar surface area (TPSA) is 54.4 Å². The molecule has 0 saturated heterocycles. The molecule has 13 heavy (non-hydrogen) atoms. The lowest BCUT2D eigenvalue weighted by Gasteiger charge is -2.03. The summed E-state index contributed by atoms with van der Waals surface area (Å²) in [5.74, 6) is -0.831. The third-order valence-corrected chi connectivity index (χ3v) is 1.71. The summed E-state index contributed by atoms with van der Waals surface area (Å²) < 4.78 is 13.2. The van der Waals surface area contributed by atoms with E-state index in [9.17, 15) is 14.0 Å². The Morgan fingerprint density at radius 1 is 1.31 bits per heavy atom. The predicted octanol–water partition coefficient (Wildman–Crippen LogP) is 0.943. The van der Waals surface area contributed by atoms with Gasteiger partial charge < -0.3 is 5.11 Å². The number of carbonyl (C=O) groups excluding carboxylic acids is 2. The van der Waals surface area contributed by atoms with Gasteiger partial charge in [0.2, 0.25) is 0 Å². The molecule has 3 nitrogen and oxygen atoms in total. The van der Waals surface area contributed by atoms with E-state index in [-0.39, 0.29) is 23.0 Å². The van der Waals surface area contributed by atoms with E-state index in [0.29, 0.717) is 6.29 Å². The number of aliphatic hydroxyl groups is 1. The first-order valence-corrected chi connectivity index (χ1v) is 3.57. The molecular formula is C9H7FO3. The van der Waals surface area contributed by atoms with Gasteiger partial charge in [0.05, 0.1) is 12.2 Å². The maximum absolute atomic E-state index is 13.2. The minimum atomic E-state index is -0.831. The highest BCUT2D eigenvalue weighted by molar-refractivity contribution is 5.90. The van der Waals surface area contributed by atoms with Crippen LogP contribution in [-0.4, -0.2) is 17.7 Å².